The smallest absolute Gasteiger partial charge is 0.120 e. The highest BCUT2D eigenvalue weighted by atomic mass is 79.9. The second kappa shape index (κ2) is 5.09. The van der Waals surface area contributed by atoms with Crippen molar-refractivity contribution in [3.8, 4) is 5.75 Å². The molecule has 16 heavy (non-hydrogen) atoms. The standard InChI is InChI=1S/C13H16Br2O/c1-3-16-9-4-5-10(12(14)7-9)13(15)11-6-8(11)2/h4-5,7-8,11,13H,3,6H2,1-2H3. The number of ether oxygens (including phenoxy) is 1. The first-order chi connectivity index (χ1) is 7.63. The molecule has 0 bridgehead atoms. The van der Waals surface area contributed by atoms with Gasteiger partial charge in [0.1, 0.15) is 5.75 Å². The van der Waals surface area contributed by atoms with Gasteiger partial charge in [0, 0.05) is 9.30 Å². The molecule has 3 heteroatoms. The van der Waals surface area contributed by atoms with Crippen molar-refractivity contribution in [3.05, 3.63) is 28.2 Å². The molecule has 0 radical (unpaired) electrons. The van der Waals surface area contributed by atoms with E-state index in [9.17, 15) is 0 Å². The summed E-state index contributed by atoms with van der Waals surface area (Å²) in [5.74, 6) is 2.57. The predicted molar refractivity (Wildman–Crippen MR) is 74.3 cm³/mol. The largest absolute Gasteiger partial charge is 0.494 e. The lowest BCUT2D eigenvalue weighted by molar-refractivity contribution is 0.340. The van der Waals surface area contributed by atoms with Crippen LogP contribution < -0.4 is 4.74 Å². The molecule has 1 aliphatic rings. The fourth-order valence-corrected chi connectivity index (χ4v) is 4.02. The molecule has 3 atom stereocenters. The molecule has 0 amide bonds. The second-order valence-corrected chi connectivity index (χ2v) is 6.24. The van der Waals surface area contributed by atoms with Crippen LogP contribution in [0.15, 0.2) is 22.7 Å². The maximum atomic E-state index is 5.47. The zero-order valence-corrected chi connectivity index (χ0v) is 12.7. The number of alkyl halides is 1. The Morgan fingerprint density at radius 1 is 1.50 bits per heavy atom. The lowest BCUT2D eigenvalue weighted by atomic mass is 10.1. The summed E-state index contributed by atoms with van der Waals surface area (Å²) >= 11 is 7.42. The van der Waals surface area contributed by atoms with E-state index in [1.165, 1.54) is 12.0 Å². The molecular formula is C13H16Br2O. The van der Waals surface area contributed by atoms with Crippen molar-refractivity contribution in [1.29, 1.82) is 0 Å². The summed E-state index contributed by atoms with van der Waals surface area (Å²) < 4.78 is 6.61. The van der Waals surface area contributed by atoms with Gasteiger partial charge in [-0.15, -0.1) is 0 Å². The van der Waals surface area contributed by atoms with E-state index in [1.807, 2.05) is 13.0 Å². The molecule has 1 nitrogen and oxygen atoms in total. The zero-order chi connectivity index (χ0) is 11.7. The van der Waals surface area contributed by atoms with Crippen LogP contribution in [0, 0.1) is 11.8 Å². The third-order valence-corrected chi connectivity index (χ3v) is 4.99. The van der Waals surface area contributed by atoms with Gasteiger partial charge < -0.3 is 4.74 Å². The summed E-state index contributed by atoms with van der Waals surface area (Å²) in [6, 6.07) is 6.25. The van der Waals surface area contributed by atoms with Gasteiger partial charge in [0.15, 0.2) is 0 Å². The Morgan fingerprint density at radius 3 is 2.69 bits per heavy atom. The Labute approximate surface area is 114 Å². The van der Waals surface area contributed by atoms with E-state index in [0.29, 0.717) is 11.4 Å². The SMILES string of the molecule is CCOc1ccc(C(Br)C2CC2C)c(Br)c1. The third kappa shape index (κ3) is 2.62. The minimum Gasteiger partial charge on any atom is -0.494 e. The van der Waals surface area contributed by atoms with Crippen LogP contribution in [-0.2, 0) is 0 Å². The van der Waals surface area contributed by atoms with E-state index in [1.54, 1.807) is 0 Å². The molecule has 1 aliphatic carbocycles. The van der Waals surface area contributed by atoms with Gasteiger partial charge in [-0.2, -0.15) is 0 Å². The monoisotopic (exact) mass is 346 g/mol. The van der Waals surface area contributed by atoms with Crippen molar-refractivity contribution < 1.29 is 4.74 Å². The average Bonchev–Trinajstić information content (AvgIpc) is 2.95. The Balaban J connectivity index is 2.15. The summed E-state index contributed by atoms with van der Waals surface area (Å²) in [4.78, 5) is 0.465. The van der Waals surface area contributed by atoms with E-state index >= 15 is 0 Å². The number of halogens is 2. The van der Waals surface area contributed by atoms with Gasteiger partial charge in [0.25, 0.3) is 0 Å². The van der Waals surface area contributed by atoms with Crippen molar-refractivity contribution in [2.24, 2.45) is 11.8 Å². The molecule has 1 aromatic carbocycles. The summed E-state index contributed by atoms with van der Waals surface area (Å²) in [6.45, 7) is 5.02. The molecule has 1 saturated carbocycles. The van der Waals surface area contributed by atoms with Crippen LogP contribution in [0.1, 0.15) is 30.7 Å². The first-order valence-corrected chi connectivity index (χ1v) is 7.40. The van der Waals surface area contributed by atoms with Crippen LogP contribution in [0.2, 0.25) is 0 Å². The summed E-state index contributed by atoms with van der Waals surface area (Å²) in [5.41, 5.74) is 1.33. The van der Waals surface area contributed by atoms with Crippen LogP contribution in [0.5, 0.6) is 5.75 Å². The fraction of sp³-hybridized carbons (Fsp3) is 0.538. The van der Waals surface area contributed by atoms with Gasteiger partial charge in [-0.3, -0.25) is 0 Å². The van der Waals surface area contributed by atoms with Crippen molar-refractivity contribution >= 4 is 31.9 Å². The summed E-state index contributed by atoms with van der Waals surface area (Å²) in [6.07, 6.45) is 1.33. The molecule has 0 spiro atoms. The van der Waals surface area contributed by atoms with Crippen LogP contribution >= 0.6 is 31.9 Å². The molecule has 1 aromatic rings. The number of benzene rings is 1. The maximum Gasteiger partial charge on any atom is 0.120 e. The Kier molecular flexibility index (Phi) is 3.96. The van der Waals surface area contributed by atoms with Crippen molar-refractivity contribution in [1.82, 2.24) is 0 Å². The Hall–Kier alpha value is -0.0200. The van der Waals surface area contributed by atoms with Crippen LogP contribution in [-0.4, -0.2) is 6.61 Å². The van der Waals surface area contributed by atoms with E-state index in [0.717, 1.165) is 22.1 Å². The highest BCUT2D eigenvalue weighted by molar-refractivity contribution is 9.11. The van der Waals surface area contributed by atoms with Gasteiger partial charge in [-0.05, 0) is 42.9 Å². The van der Waals surface area contributed by atoms with E-state index < -0.39 is 0 Å². The molecule has 0 N–H and O–H groups in total. The first kappa shape index (κ1) is 12.4. The Morgan fingerprint density at radius 2 is 2.19 bits per heavy atom. The van der Waals surface area contributed by atoms with Crippen LogP contribution in [0.4, 0.5) is 0 Å². The van der Waals surface area contributed by atoms with Gasteiger partial charge in [0.05, 0.1) is 6.61 Å². The normalized spacial score (nSPS) is 25.2. The highest BCUT2D eigenvalue weighted by Crippen LogP contribution is 2.52. The van der Waals surface area contributed by atoms with E-state index in [-0.39, 0.29) is 0 Å². The van der Waals surface area contributed by atoms with Crippen LogP contribution in [0.25, 0.3) is 0 Å². The van der Waals surface area contributed by atoms with Gasteiger partial charge in [-0.1, -0.05) is 44.8 Å². The summed E-state index contributed by atoms with van der Waals surface area (Å²) in [5, 5.41) is 0. The second-order valence-electron chi connectivity index (χ2n) is 4.39. The van der Waals surface area contributed by atoms with Crippen molar-refractivity contribution in [2.75, 3.05) is 6.61 Å². The van der Waals surface area contributed by atoms with Gasteiger partial charge >= 0.3 is 0 Å². The molecule has 0 heterocycles. The van der Waals surface area contributed by atoms with Crippen LogP contribution in [0.3, 0.4) is 0 Å². The zero-order valence-electron chi connectivity index (χ0n) is 9.54. The number of hydrogen-bond acceptors (Lipinski definition) is 1. The van der Waals surface area contributed by atoms with E-state index in [2.05, 4.69) is 50.9 Å². The first-order valence-electron chi connectivity index (χ1n) is 5.69. The topological polar surface area (TPSA) is 9.23 Å². The molecule has 88 valence electrons. The molecular weight excluding hydrogens is 332 g/mol. The molecule has 0 saturated heterocycles. The van der Waals surface area contributed by atoms with Crippen molar-refractivity contribution in [2.45, 2.75) is 25.1 Å². The lowest BCUT2D eigenvalue weighted by Crippen LogP contribution is -1.97. The number of hydrogen-bond donors (Lipinski definition) is 0. The fourth-order valence-electron chi connectivity index (χ4n) is 1.98. The quantitative estimate of drug-likeness (QED) is 0.701. The highest BCUT2D eigenvalue weighted by Gasteiger charge is 2.39. The minimum absolute atomic E-state index is 0.465. The molecule has 2 rings (SSSR count). The minimum atomic E-state index is 0.465. The van der Waals surface area contributed by atoms with Crippen molar-refractivity contribution in [3.63, 3.8) is 0 Å². The number of rotatable bonds is 4. The van der Waals surface area contributed by atoms with E-state index in [4.69, 9.17) is 4.74 Å². The average molecular weight is 348 g/mol. The molecule has 0 aliphatic heterocycles. The molecule has 3 unspecified atom stereocenters. The molecule has 1 fully saturated rings. The lowest BCUT2D eigenvalue weighted by Gasteiger charge is -2.13. The summed E-state index contributed by atoms with van der Waals surface area (Å²) in [7, 11) is 0. The Bertz CT molecular complexity index is 378. The predicted octanol–water partition coefficient (Wildman–Crippen LogP) is 4.94. The maximum absolute atomic E-state index is 5.47. The molecule has 0 aromatic heterocycles. The van der Waals surface area contributed by atoms with Gasteiger partial charge in [0.2, 0.25) is 0 Å². The third-order valence-electron chi connectivity index (χ3n) is 3.13. The van der Waals surface area contributed by atoms with Gasteiger partial charge in [-0.25, -0.2) is 0 Å².